The second-order valence-electron chi connectivity index (χ2n) is 5.03. The van der Waals surface area contributed by atoms with E-state index in [0.717, 1.165) is 12.8 Å². The van der Waals surface area contributed by atoms with E-state index < -0.39 is 11.9 Å². The second kappa shape index (κ2) is 8.71. The first kappa shape index (κ1) is 18.3. The molecule has 0 saturated heterocycles. The third kappa shape index (κ3) is 4.98. The van der Waals surface area contributed by atoms with Crippen molar-refractivity contribution in [3.05, 3.63) is 63.6 Å². The van der Waals surface area contributed by atoms with Gasteiger partial charge in [-0.1, -0.05) is 36.5 Å². The molecule has 0 spiro atoms. The van der Waals surface area contributed by atoms with Crippen LogP contribution < -0.4 is 4.74 Å². The van der Waals surface area contributed by atoms with Gasteiger partial charge in [0.15, 0.2) is 0 Å². The Kier molecular flexibility index (Phi) is 6.64. The number of carbonyl (C=O) groups is 2. The number of halogens is 2. The zero-order valence-corrected chi connectivity index (χ0v) is 14.6. The first-order chi connectivity index (χ1) is 11.5. The first-order valence-corrected chi connectivity index (χ1v) is 8.21. The van der Waals surface area contributed by atoms with Gasteiger partial charge in [-0.15, -0.1) is 0 Å². The molecule has 0 saturated carbocycles. The van der Waals surface area contributed by atoms with Crippen molar-refractivity contribution >= 4 is 35.1 Å². The lowest BCUT2D eigenvalue weighted by molar-refractivity contribution is 0.0499. The number of rotatable bonds is 6. The minimum absolute atomic E-state index is 0.212. The summed E-state index contributed by atoms with van der Waals surface area (Å²) in [6.07, 6.45) is 1.78. The molecule has 0 aliphatic carbocycles. The third-order valence-electron chi connectivity index (χ3n) is 3.18. The SMILES string of the molecule is CCCCOC(=O)c1ccc(OC(=O)c2ccc(Cl)cc2Cl)cc1. The van der Waals surface area contributed by atoms with Crippen LogP contribution in [0.1, 0.15) is 40.5 Å². The summed E-state index contributed by atoms with van der Waals surface area (Å²) in [5.41, 5.74) is 0.611. The number of carbonyl (C=O) groups excluding carboxylic acids is 2. The first-order valence-electron chi connectivity index (χ1n) is 7.45. The zero-order chi connectivity index (χ0) is 17.5. The number of unbranched alkanes of at least 4 members (excludes halogenated alkanes) is 1. The summed E-state index contributed by atoms with van der Waals surface area (Å²) in [4.78, 5) is 23.9. The smallest absolute Gasteiger partial charge is 0.345 e. The van der Waals surface area contributed by atoms with Gasteiger partial charge in [0, 0.05) is 5.02 Å². The molecule has 0 bridgehead atoms. The van der Waals surface area contributed by atoms with Crippen LogP contribution in [0.15, 0.2) is 42.5 Å². The molecule has 6 heteroatoms. The maximum Gasteiger partial charge on any atom is 0.345 e. The number of hydrogen-bond acceptors (Lipinski definition) is 4. The molecule has 4 nitrogen and oxygen atoms in total. The average Bonchev–Trinajstić information content (AvgIpc) is 2.55. The quantitative estimate of drug-likeness (QED) is 0.402. The van der Waals surface area contributed by atoms with Gasteiger partial charge in [0.05, 0.1) is 22.8 Å². The fourth-order valence-corrected chi connectivity index (χ4v) is 2.35. The Bertz CT molecular complexity index is 726. The van der Waals surface area contributed by atoms with Crippen LogP contribution in [0, 0.1) is 0 Å². The van der Waals surface area contributed by atoms with Crippen LogP contribution in [-0.2, 0) is 4.74 Å². The lowest BCUT2D eigenvalue weighted by atomic mass is 10.2. The van der Waals surface area contributed by atoms with E-state index in [1.165, 1.54) is 24.3 Å². The molecule has 0 amide bonds. The number of ether oxygens (including phenoxy) is 2. The molecule has 0 aromatic heterocycles. The number of hydrogen-bond donors (Lipinski definition) is 0. The molecule has 0 N–H and O–H groups in total. The van der Waals surface area contributed by atoms with Crippen molar-refractivity contribution in [3.8, 4) is 5.75 Å². The van der Waals surface area contributed by atoms with Gasteiger partial charge in [-0.25, -0.2) is 9.59 Å². The van der Waals surface area contributed by atoms with E-state index in [0.29, 0.717) is 22.9 Å². The topological polar surface area (TPSA) is 52.6 Å². The molecule has 2 rings (SSSR count). The predicted molar refractivity (Wildman–Crippen MR) is 93.1 cm³/mol. The second-order valence-corrected chi connectivity index (χ2v) is 5.87. The van der Waals surface area contributed by atoms with Gasteiger partial charge < -0.3 is 9.47 Å². The summed E-state index contributed by atoms with van der Waals surface area (Å²) < 4.78 is 10.3. The fraction of sp³-hybridized carbons (Fsp3) is 0.222. The molecular weight excluding hydrogens is 351 g/mol. The van der Waals surface area contributed by atoms with Crippen molar-refractivity contribution < 1.29 is 19.1 Å². The van der Waals surface area contributed by atoms with Gasteiger partial charge in [-0.05, 0) is 48.9 Å². The van der Waals surface area contributed by atoms with Crippen molar-refractivity contribution in [2.45, 2.75) is 19.8 Å². The lowest BCUT2D eigenvalue weighted by Gasteiger charge is -2.07. The minimum atomic E-state index is -0.602. The Morgan fingerprint density at radius 2 is 1.71 bits per heavy atom. The van der Waals surface area contributed by atoms with Crippen LogP contribution in [0.25, 0.3) is 0 Å². The lowest BCUT2D eigenvalue weighted by Crippen LogP contribution is -2.10. The zero-order valence-electron chi connectivity index (χ0n) is 13.1. The van der Waals surface area contributed by atoms with Crippen LogP contribution in [-0.4, -0.2) is 18.5 Å². The van der Waals surface area contributed by atoms with Gasteiger partial charge in [0.25, 0.3) is 0 Å². The fourth-order valence-electron chi connectivity index (χ4n) is 1.87. The molecule has 0 aliphatic heterocycles. The Morgan fingerprint density at radius 1 is 1.00 bits per heavy atom. The molecular formula is C18H16Cl2O4. The summed E-state index contributed by atoms with van der Waals surface area (Å²) in [6.45, 7) is 2.41. The number of esters is 2. The van der Waals surface area contributed by atoms with Gasteiger partial charge in [-0.2, -0.15) is 0 Å². The summed E-state index contributed by atoms with van der Waals surface area (Å²) in [5, 5.41) is 0.645. The maximum absolute atomic E-state index is 12.1. The van der Waals surface area contributed by atoms with E-state index in [1.807, 2.05) is 6.92 Å². The molecule has 2 aromatic carbocycles. The average molecular weight is 367 g/mol. The third-order valence-corrected chi connectivity index (χ3v) is 3.73. The van der Waals surface area contributed by atoms with E-state index in [9.17, 15) is 9.59 Å². The van der Waals surface area contributed by atoms with Gasteiger partial charge in [-0.3, -0.25) is 0 Å². The van der Waals surface area contributed by atoms with Crippen molar-refractivity contribution in [2.75, 3.05) is 6.61 Å². The number of benzene rings is 2. The van der Waals surface area contributed by atoms with Crippen molar-refractivity contribution in [3.63, 3.8) is 0 Å². The van der Waals surface area contributed by atoms with Crippen LogP contribution >= 0.6 is 23.2 Å². The maximum atomic E-state index is 12.1. The summed E-state index contributed by atoms with van der Waals surface area (Å²) in [5.74, 6) is -0.701. The summed E-state index contributed by atoms with van der Waals surface area (Å²) in [7, 11) is 0. The summed E-state index contributed by atoms with van der Waals surface area (Å²) in [6, 6.07) is 10.7. The van der Waals surface area contributed by atoms with Gasteiger partial charge in [0.1, 0.15) is 5.75 Å². The molecule has 0 atom stereocenters. The summed E-state index contributed by atoms with van der Waals surface area (Å²) >= 11 is 11.8. The highest BCUT2D eigenvalue weighted by molar-refractivity contribution is 6.36. The Balaban J connectivity index is 2.00. The Morgan fingerprint density at radius 3 is 2.33 bits per heavy atom. The molecule has 0 heterocycles. The van der Waals surface area contributed by atoms with Crippen molar-refractivity contribution in [1.29, 1.82) is 0 Å². The minimum Gasteiger partial charge on any atom is -0.462 e. The standard InChI is InChI=1S/C18H16Cl2O4/c1-2-3-10-23-17(21)12-4-7-14(8-5-12)24-18(22)15-9-6-13(19)11-16(15)20/h4-9,11H,2-3,10H2,1H3. The van der Waals surface area contributed by atoms with Gasteiger partial charge in [0.2, 0.25) is 0 Å². The molecule has 2 aromatic rings. The highest BCUT2D eigenvalue weighted by atomic mass is 35.5. The monoisotopic (exact) mass is 366 g/mol. The molecule has 126 valence electrons. The largest absolute Gasteiger partial charge is 0.462 e. The van der Waals surface area contributed by atoms with Crippen molar-refractivity contribution in [1.82, 2.24) is 0 Å². The van der Waals surface area contributed by atoms with E-state index in [-0.39, 0.29) is 10.6 Å². The normalized spacial score (nSPS) is 10.3. The van der Waals surface area contributed by atoms with E-state index in [1.54, 1.807) is 18.2 Å². The highest BCUT2D eigenvalue weighted by Gasteiger charge is 2.14. The Labute approximate surface area is 150 Å². The molecule has 0 aliphatic rings. The molecule has 24 heavy (non-hydrogen) atoms. The van der Waals surface area contributed by atoms with Crippen LogP contribution in [0.3, 0.4) is 0 Å². The Hall–Kier alpha value is -2.04. The van der Waals surface area contributed by atoms with E-state index in [4.69, 9.17) is 32.7 Å². The molecule has 0 unspecified atom stereocenters. The molecule has 0 fully saturated rings. The van der Waals surface area contributed by atoms with Gasteiger partial charge >= 0.3 is 11.9 Å². The highest BCUT2D eigenvalue weighted by Crippen LogP contribution is 2.23. The predicted octanol–water partition coefficient (Wildman–Crippen LogP) is 5.17. The van der Waals surface area contributed by atoms with Crippen molar-refractivity contribution in [2.24, 2.45) is 0 Å². The molecule has 0 radical (unpaired) electrons. The van der Waals surface area contributed by atoms with Crippen LogP contribution in [0.2, 0.25) is 10.0 Å². The van der Waals surface area contributed by atoms with E-state index in [2.05, 4.69) is 0 Å². The van der Waals surface area contributed by atoms with E-state index >= 15 is 0 Å². The van der Waals surface area contributed by atoms with Crippen LogP contribution in [0.4, 0.5) is 0 Å². The van der Waals surface area contributed by atoms with Crippen LogP contribution in [0.5, 0.6) is 5.75 Å².